The van der Waals surface area contributed by atoms with Gasteiger partial charge in [0.05, 0.1) is 12.1 Å². The van der Waals surface area contributed by atoms with Crippen LogP contribution in [0, 0.1) is 6.92 Å². The first kappa shape index (κ1) is 20.1. The van der Waals surface area contributed by atoms with Crippen LogP contribution in [0.15, 0.2) is 60.7 Å². The Morgan fingerprint density at radius 2 is 1.63 bits per heavy atom. The number of rotatable bonds is 5. The van der Waals surface area contributed by atoms with Crippen LogP contribution in [-0.4, -0.2) is 29.2 Å². The maximum atomic E-state index is 12.4. The predicted octanol–water partition coefficient (Wildman–Crippen LogP) is 5.01. The van der Waals surface area contributed by atoms with E-state index in [1.165, 1.54) is 25.7 Å². The van der Waals surface area contributed by atoms with Crippen molar-refractivity contribution in [3.8, 4) is 11.3 Å². The molecule has 1 amide bonds. The largest absolute Gasteiger partial charge is 0.355 e. The lowest BCUT2D eigenvalue weighted by Crippen LogP contribution is -2.25. The fraction of sp³-hybridized carbons (Fsp3) is 0.320. The number of aryl methyl sites for hydroxylation is 1. The standard InChI is InChI=1S/C25H28N4O/c1-19-8-4-5-9-21(19)18-25(30)26-22-12-10-20(11-13-22)23-14-15-24(28-27-23)29-16-6-2-3-7-17-29/h4-5,8-15H,2-3,6-7,16-18H2,1H3,(H,26,30). The number of hydrogen-bond acceptors (Lipinski definition) is 4. The van der Waals surface area contributed by atoms with E-state index in [4.69, 9.17) is 0 Å². The van der Waals surface area contributed by atoms with Crippen molar-refractivity contribution in [2.24, 2.45) is 0 Å². The molecule has 1 aliphatic rings. The maximum absolute atomic E-state index is 12.4. The van der Waals surface area contributed by atoms with Gasteiger partial charge < -0.3 is 10.2 Å². The number of aromatic nitrogens is 2. The molecule has 2 heterocycles. The number of carbonyl (C=O) groups is 1. The quantitative estimate of drug-likeness (QED) is 0.654. The molecule has 1 fully saturated rings. The van der Waals surface area contributed by atoms with E-state index >= 15 is 0 Å². The highest BCUT2D eigenvalue weighted by molar-refractivity contribution is 5.92. The minimum Gasteiger partial charge on any atom is -0.355 e. The van der Waals surface area contributed by atoms with Gasteiger partial charge in [-0.25, -0.2) is 0 Å². The molecule has 3 aromatic rings. The first-order chi connectivity index (χ1) is 14.7. The molecule has 5 nitrogen and oxygen atoms in total. The molecule has 0 spiro atoms. The summed E-state index contributed by atoms with van der Waals surface area (Å²) in [6.45, 7) is 4.15. The molecule has 5 heteroatoms. The van der Waals surface area contributed by atoms with E-state index in [0.717, 1.165) is 47.0 Å². The molecule has 30 heavy (non-hydrogen) atoms. The molecule has 0 unspecified atom stereocenters. The van der Waals surface area contributed by atoms with E-state index < -0.39 is 0 Å². The smallest absolute Gasteiger partial charge is 0.228 e. The van der Waals surface area contributed by atoms with Crippen molar-refractivity contribution in [1.29, 1.82) is 0 Å². The number of benzene rings is 2. The second-order valence-electron chi connectivity index (χ2n) is 7.91. The van der Waals surface area contributed by atoms with Crippen molar-refractivity contribution in [2.75, 3.05) is 23.3 Å². The van der Waals surface area contributed by atoms with Gasteiger partial charge in [0, 0.05) is 24.3 Å². The van der Waals surface area contributed by atoms with Gasteiger partial charge in [-0.05, 0) is 55.2 Å². The normalized spacial score (nSPS) is 14.2. The van der Waals surface area contributed by atoms with Crippen LogP contribution < -0.4 is 10.2 Å². The molecular formula is C25H28N4O. The van der Waals surface area contributed by atoms with Gasteiger partial charge in [0.25, 0.3) is 0 Å². The van der Waals surface area contributed by atoms with Gasteiger partial charge in [-0.15, -0.1) is 10.2 Å². The molecule has 1 N–H and O–H groups in total. The fourth-order valence-electron chi connectivity index (χ4n) is 3.86. The number of nitrogens with one attached hydrogen (secondary N) is 1. The van der Waals surface area contributed by atoms with E-state index in [1.54, 1.807) is 0 Å². The minimum atomic E-state index is -0.0151. The molecule has 0 saturated carbocycles. The van der Waals surface area contributed by atoms with Crippen LogP contribution in [0.2, 0.25) is 0 Å². The van der Waals surface area contributed by atoms with Crippen LogP contribution in [0.5, 0.6) is 0 Å². The summed E-state index contributed by atoms with van der Waals surface area (Å²) >= 11 is 0. The Morgan fingerprint density at radius 1 is 0.900 bits per heavy atom. The summed E-state index contributed by atoms with van der Waals surface area (Å²) in [7, 11) is 0. The molecule has 2 aromatic carbocycles. The predicted molar refractivity (Wildman–Crippen MR) is 122 cm³/mol. The first-order valence-electron chi connectivity index (χ1n) is 10.7. The zero-order chi connectivity index (χ0) is 20.8. The number of hydrogen-bond donors (Lipinski definition) is 1. The third-order valence-electron chi connectivity index (χ3n) is 5.66. The summed E-state index contributed by atoms with van der Waals surface area (Å²) in [6, 6.07) is 19.8. The van der Waals surface area contributed by atoms with Crippen molar-refractivity contribution in [1.82, 2.24) is 10.2 Å². The van der Waals surface area contributed by atoms with E-state index in [9.17, 15) is 4.79 Å². The summed E-state index contributed by atoms with van der Waals surface area (Å²) in [5.74, 6) is 0.944. The van der Waals surface area contributed by atoms with Gasteiger partial charge in [-0.2, -0.15) is 0 Å². The number of amides is 1. The summed E-state index contributed by atoms with van der Waals surface area (Å²) in [4.78, 5) is 14.7. The Bertz CT molecular complexity index is 975. The van der Waals surface area contributed by atoms with Crippen molar-refractivity contribution >= 4 is 17.4 Å². The van der Waals surface area contributed by atoms with Crippen LogP contribution in [0.4, 0.5) is 11.5 Å². The van der Waals surface area contributed by atoms with Crippen molar-refractivity contribution in [2.45, 2.75) is 39.0 Å². The highest BCUT2D eigenvalue weighted by atomic mass is 16.1. The summed E-state index contributed by atoms with van der Waals surface area (Å²) < 4.78 is 0. The van der Waals surface area contributed by atoms with Crippen LogP contribution in [-0.2, 0) is 11.2 Å². The molecule has 0 aliphatic carbocycles. The molecular weight excluding hydrogens is 372 g/mol. The molecule has 154 valence electrons. The van der Waals surface area contributed by atoms with Crippen LogP contribution in [0.3, 0.4) is 0 Å². The Morgan fingerprint density at radius 3 is 2.30 bits per heavy atom. The topological polar surface area (TPSA) is 58.1 Å². The zero-order valence-corrected chi connectivity index (χ0v) is 17.5. The number of nitrogens with zero attached hydrogens (tertiary/aromatic N) is 3. The average molecular weight is 401 g/mol. The van der Waals surface area contributed by atoms with Crippen LogP contribution in [0.1, 0.15) is 36.8 Å². The average Bonchev–Trinajstić information content (AvgIpc) is 3.06. The monoisotopic (exact) mass is 400 g/mol. The Balaban J connectivity index is 1.38. The van der Waals surface area contributed by atoms with Gasteiger partial charge in [0.1, 0.15) is 0 Å². The third kappa shape index (κ3) is 5.03. The Labute approximate surface area is 178 Å². The van der Waals surface area contributed by atoms with Gasteiger partial charge in [0.2, 0.25) is 5.91 Å². The van der Waals surface area contributed by atoms with Gasteiger partial charge in [-0.3, -0.25) is 4.79 Å². The molecule has 0 bridgehead atoms. The van der Waals surface area contributed by atoms with E-state index in [1.807, 2.05) is 61.5 Å². The molecule has 0 atom stereocenters. The number of anilines is 2. The van der Waals surface area contributed by atoms with Crippen molar-refractivity contribution in [3.63, 3.8) is 0 Å². The summed E-state index contributed by atoms with van der Waals surface area (Å²) in [6.07, 6.45) is 5.42. The highest BCUT2D eigenvalue weighted by Crippen LogP contribution is 2.22. The van der Waals surface area contributed by atoms with E-state index in [2.05, 4.69) is 26.5 Å². The van der Waals surface area contributed by atoms with Crippen LogP contribution >= 0.6 is 0 Å². The Hall–Kier alpha value is -3.21. The Kier molecular flexibility index (Phi) is 6.38. The molecule has 0 radical (unpaired) electrons. The number of carbonyl (C=O) groups excluding carboxylic acids is 1. The molecule has 1 aliphatic heterocycles. The van der Waals surface area contributed by atoms with Gasteiger partial charge >= 0.3 is 0 Å². The SMILES string of the molecule is Cc1ccccc1CC(=O)Nc1ccc(-c2ccc(N3CCCCCC3)nn2)cc1. The van der Waals surface area contributed by atoms with Crippen LogP contribution in [0.25, 0.3) is 11.3 Å². The van der Waals surface area contributed by atoms with Gasteiger partial charge in [-0.1, -0.05) is 49.2 Å². The minimum absolute atomic E-state index is 0.0151. The first-order valence-corrected chi connectivity index (χ1v) is 10.7. The maximum Gasteiger partial charge on any atom is 0.228 e. The zero-order valence-electron chi connectivity index (χ0n) is 17.5. The molecule has 4 rings (SSSR count). The van der Waals surface area contributed by atoms with Gasteiger partial charge in [0.15, 0.2) is 5.82 Å². The third-order valence-corrected chi connectivity index (χ3v) is 5.66. The van der Waals surface area contributed by atoms with Crippen molar-refractivity contribution < 1.29 is 4.79 Å². The molecule has 1 aromatic heterocycles. The second-order valence-corrected chi connectivity index (χ2v) is 7.91. The highest BCUT2D eigenvalue weighted by Gasteiger charge is 2.12. The van der Waals surface area contributed by atoms with E-state index in [0.29, 0.717) is 6.42 Å². The summed E-state index contributed by atoms with van der Waals surface area (Å²) in [5.41, 5.74) is 4.79. The lowest BCUT2D eigenvalue weighted by Gasteiger charge is -2.20. The van der Waals surface area contributed by atoms with E-state index in [-0.39, 0.29) is 5.91 Å². The lowest BCUT2D eigenvalue weighted by molar-refractivity contribution is -0.115. The molecule has 1 saturated heterocycles. The summed E-state index contributed by atoms with van der Waals surface area (Å²) in [5, 5.41) is 11.9. The fourth-order valence-corrected chi connectivity index (χ4v) is 3.86. The van der Waals surface area contributed by atoms with Crippen molar-refractivity contribution in [3.05, 3.63) is 71.8 Å². The second kappa shape index (κ2) is 9.53. The lowest BCUT2D eigenvalue weighted by atomic mass is 10.1.